The number of carbonyl (C=O) groups is 1. The molecule has 6 heteroatoms. The average Bonchev–Trinajstić information content (AvgIpc) is 2.71. The number of amides is 1. The molecule has 2 aromatic carbocycles. The van der Waals surface area contributed by atoms with Gasteiger partial charge in [-0.15, -0.1) is 0 Å². The lowest BCUT2D eigenvalue weighted by Gasteiger charge is -2.39. The molecule has 4 nitrogen and oxygen atoms in total. The number of hydrogen-bond donors (Lipinski definition) is 1. The first kappa shape index (κ1) is 20.8. The fourth-order valence-electron chi connectivity index (χ4n) is 4.63. The van der Waals surface area contributed by atoms with E-state index in [9.17, 15) is 13.6 Å². The van der Waals surface area contributed by atoms with Crippen LogP contribution >= 0.6 is 0 Å². The van der Waals surface area contributed by atoms with E-state index in [2.05, 4.69) is 10.2 Å². The Labute approximate surface area is 176 Å². The second kappa shape index (κ2) is 9.56. The molecule has 2 aromatic rings. The molecular formula is C24H28F2N2O2. The van der Waals surface area contributed by atoms with Crippen LogP contribution in [0.4, 0.5) is 8.78 Å². The maximum atomic E-state index is 13.6. The molecule has 0 aromatic heterocycles. The number of carbonyl (C=O) groups excluding carboxylic acids is 1. The van der Waals surface area contributed by atoms with Crippen LogP contribution in [0.1, 0.15) is 36.8 Å². The highest BCUT2D eigenvalue weighted by Crippen LogP contribution is 2.27. The summed E-state index contributed by atoms with van der Waals surface area (Å²) in [5.41, 5.74) is 1.79. The standard InChI is InChI=1S/C24H28F2N2O2/c25-20-7-3-4-17(12-20)14-28-11-10-22-19(15-28)6-2-1-5-18-13-21(26)8-9-23(18)30-16-24(29)27-22/h3-4,7-9,12-13,19,22H,1-2,5-6,10-11,14-16H2,(H,27,29)/t19-,22+/m1/s1. The van der Waals surface area contributed by atoms with E-state index in [1.54, 1.807) is 18.2 Å². The van der Waals surface area contributed by atoms with Crippen molar-refractivity contribution in [2.24, 2.45) is 5.92 Å². The van der Waals surface area contributed by atoms with Gasteiger partial charge in [0, 0.05) is 25.7 Å². The number of nitrogens with one attached hydrogen (secondary N) is 1. The van der Waals surface area contributed by atoms with E-state index in [1.807, 2.05) is 6.07 Å². The Morgan fingerprint density at radius 3 is 2.80 bits per heavy atom. The maximum Gasteiger partial charge on any atom is 0.258 e. The summed E-state index contributed by atoms with van der Waals surface area (Å²) in [7, 11) is 0. The van der Waals surface area contributed by atoms with Gasteiger partial charge in [0.2, 0.25) is 0 Å². The third-order valence-corrected chi connectivity index (χ3v) is 6.11. The monoisotopic (exact) mass is 414 g/mol. The molecule has 0 saturated carbocycles. The number of nitrogens with zero attached hydrogens (tertiary/aromatic N) is 1. The summed E-state index contributed by atoms with van der Waals surface area (Å²) in [6, 6.07) is 11.3. The Kier molecular flexibility index (Phi) is 6.62. The van der Waals surface area contributed by atoms with Crippen molar-refractivity contribution in [3.63, 3.8) is 0 Å². The van der Waals surface area contributed by atoms with Gasteiger partial charge < -0.3 is 10.1 Å². The van der Waals surface area contributed by atoms with E-state index in [1.165, 1.54) is 18.2 Å². The minimum Gasteiger partial charge on any atom is -0.483 e. The van der Waals surface area contributed by atoms with Gasteiger partial charge in [-0.05, 0) is 73.1 Å². The van der Waals surface area contributed by atoms with Crippen LogP contribution in [-0.2, 0) is 17.8 Å². The quantitative estimate of drug-likeness (QED) is 0.805. The van der Waals surface area contributed by atoms with Crippen molar-refractivity contribution in [3.8, 4) is 5.75 Å². The normalized spacial score (nSPS) is 23.2. The lowest BCUT2D eigenvalue weighted by atomic mass is 9.87. The van der Waals surface area contributed by atoms with Gasteiger partial charge in [-0.1, -0.05) is 18.6 Å². The van der Waals surface area contributed by atoms with Crippen molar-refractivity contribution < 1.29 is 18.3 Å². The number of hydrogen-bond acceptors (Lipinski definition) is 3. The summed E-state index contributed by atoms with van der Waals surface area (Å²) in [5, 5.41) is 3.15. The Morgan fingerprint density at radius 2 is 1.93 bits per heavy atom. The molecule has 0 aliphatic carbocycles. The fourth-order valence-corrected chi connectivity index (χ4v) is 4.63. The van der Waals surface area contributed by atoms with Crippen LogP contribution in [0.15, 0.2) is 42.5 Å². The summed E-state index contributed by atoms with van der Waals surface area (Å²) in [6.45, 7) is 2.38. The van der Waals surface area contributed by atoms with E-state index in [4.69, 9.17) is 4.74 Å². The number of ether oxygens (including phenoxy) is 1. The zero-order chi connectivity index (χ0) is 20.9. The number of aryl methyl sites for hydroxylation is 1. The van der Waals surface area contributed by atoms with Gasteiger partial charge in [-0.2, -0.15) is 0 Å². The molecule has 0 radical (unpaired) electrons. The van der Waals surface area contributed by atoms with Crippen LogP contribution in [0.5, 0.6) is 5.75 Å². The van der Waals surface area contributed by atoms with Crippen molar-refractivity contribution in [1.29, 1.82) is 0 Å². The van der Waals surface area contributed by atoms with E-state index < -0.39 is 0 Å². The number of likely N-dealkylation sites (tertiary alicyclic amines) is 1. The summed E-state index contributed by atoms with van der Waals surface area (Å²) < 4.78 is 32.8. The van der Waals surface area contributed by atoms with E-state index in [0.29, 0.717) is 18.2 Å². The number of rotatable bonds is 2. The zero-order valence-electron chi connectivity index (χ0n) is 17.1. The minimum absolute atomic E-state index is 0.0607. The molecule has 1 saturated heterocycles. The van der Waals surface area contributed by atoms with Crippen molar-refractivity contribution in [2.75, 3.05) is 19.7 Å². The third-order valence-electron chi connectivity index (χ3n) is 6.11. The molecule has 2 aliphatic heterocycles. The molecule has 0 spiro atoms. The molecule has 0 bridgehead atoms. The van der Waals surface area contributed by atoms with Crippen molar-refractivity contribution in [3.05, 3.63) is 65.2 Å². The van der Waals surface area contributed by atoms with Crippen LogP contribution < -0.4 is 10.1 Å². The SMILES string of the molecule is O=C1COc2ccc(F)cc2CCCC[C@@H]2CN(Cc3cccc(F)c3)CC[C@@H]2N1. The first-order valence-corrected chi connectivity index (χ1v) is 10.7. The molecular weight excluding hydrogens is 386 g/mol. The van der Waals surface area contributed by atoms with Crippen LogP contribution in [0.3, 0.4) is 0 Å². The van der Waals surface area contributed by atoms with Gasteiger partial charge in [0.1, 0.15) is 17.4 Å². The summed E-state index contributed by atoms with van der Waals surface area (Å²) in [5.74, 6) is 0.294. The summed E-state index contributed by atoms with van der Waals surface area (Å²) in [4.78, 5) is 14.8. The summed E-state index contributed by atoms with van der Waals surface area (Å²) in [6.07, 6.45) is 4.55. The summed E-state index contributed by atoms with van der Waals surface area (Å²) >= 11 is 0. The number of piperidine rings is 1. The predicted octanol–water partition coefficient (Wildman–Crippen LogP) is 4.08. The van der Waals surface area contributed by atoms with Crippen LogP contribution in [0.2, 0.25) is 0 Å². The first-order chi connectivity index (χ1) is 14.6. The van der Waals surface area contributed by atoms with Crippen LogP contribution in [-0.4, -0.2) is 36.5 Å². The Bertz CT molecular complexity index is 889. The second-order valence-electron chi connectivity index (χ2n) is 8.37. The molecule has 160 valence electrons. The molecule has 1 fully saturated rings. The predicted molar refractivity (Wildman–Crippen MR) is 111 cm³/mol. The molecule has 1 N–H and O–H groups in total. The van der Waals surface area contributed by atoms with Gasteiger partial charge in [0.05, 0.1) is 0 Å². The van der Waals surface area contributed by atoms with Crippen molar-refractivity contribution in [1.82, 2.24) is 10.2 Å². The highest BCUT2D eigenvalue weighted by molar-refractivity contribution is 5.78. The highest BCUT2D eigenvalue weighted by Gasteiger charge is 2.30. The molecule has 2 aliphatic rings. The van der Waals surface area contributed by atoms with E-state index in [-0.39, 0.29) is 30.2 Å². The zero-order valence-corrected chi connectivity index (χ0v) is 17.1. The molecule has 0 unspecified atom stereocenters. The Balaban J connectivity index is 1.42. The maximum absolute atomic E-state index is 13.6. The van der Waals surface area contributed by atoms with Gasteiger partial charge in [0.15, 0.2) is 6.61 Å². The lowest BCUT2D eigenvalue weighted by Crippen LogP contribution is -2.51. The fraction of sp³-hybridized carbons (Fsp3) is 0.458. The van der Waals surface area contributed by atoms with Gasteiger partial charge in [-0.3, -0.25) is 9.69 Å². The Hall–Kier alpha value is -2.47. The topological polar surface area (TPSA) is 41.6 Å². The van der Waals surface area contributed by atoms with Crippen molar-refractivity contribution in [2.45, 2.75) is 44.7 Å². The lowest BCUT2D eigenvalue weighted by molar-refractivity contribution is -0.124. The number of benzene rings is 2. The number of fused-ring (bicyclic) bond motifs is 2. The van der Waals surface area contributed by atoms with Crippen LogP contribution in [0, 0.1) is 17.6 Å². The Morgan fingerprint density at radius 1 is 1.07 bits per heavy atom. The van der Waals surface area contributed by atoms with Crippen LogP contribution in [0.25, 0.3) is 0 Å². The minimum atomic E-state index is -0.283. The molecule has 30 heavy (non-hydrogen) atoms. The van der Waals surface area contributed by atoms with Gasteiger partial charge in [-0.25, -0.2) is 8.78 Å². The van der Waals surface area contributed by atoms with E-state index in [0.717, 1.165) is 56.3 Å². The largest absolute Gasteiger partial charge is 0.483 e. The molecule has 2 heterocycles. The molecule has 4 rings (SSSR count). The second-order valence-corrected chi connectivity index (χ2v) is 8.37. The molecule has 1 amide bonds. The average molecular weight is 414 g/mol. The van der Waals surface area contributed by atoms with Gasteiger partial charge in [0.25, 0.3) is 5.91 Å². The van der Waals surface area contributed by atoms with Gasteiger partial charge >= 0.3 is 0 Å². The van der Waals surface area contributed by atoms with Crippen molar-refractivity contribution >= 4 is 5.91 Å². The number of halogens is 2. The molecule has 2 atom stereocenters. The first-order valence-electron chi connectivity index (χ1n) is 10.7. The highest BCUT2D eigenvalue weighted by atomic mass is 19.1. The van der Waals surface area contributed by atoms with E-state index >= 15 is 0 Å². The third kappa shape index (κ3) is 5.36. The smallest absolute Gasteiger partial charge is 0.258 e.